The summed E-state index contributed by atoms with van der Waals surface area (Å²) in [5, 5.41) is 2.26. The average Bonchev–Trinajstić information content (AvgIpc) is 3.74. The molecule has 0 saturated carbocycles. The molecule has 1 nitrogen and oxygen atoms in total. The van der Waals surface area contributed by atoms with E-state index in [9.17, 15) is 5.48 Å². The molecule has 0 amide bonds. The predicted octanol–water partition coefficient (Wildman–Crippen LogP) is 17.3. The molecule has 0 aliphatic heterocycles. The summed E-state index contributed by atoms with van der Waals surface area (Å²) in [5.74, 6) is 0. The van der Waals surface area contributed by atoms with Gasteiger partial charge in [0.25, 0.3) is 0 Å². The van der Waals surface area contributed by atoms with E-state index in [-0.39, 0.29) is 35.4 Å². The molecular formula is C65H45N. The van der Waals surface area contributed by atoms with Crippen LogP contribution < -0.4 is 4.90 Å². The number of nitrogens with zero attached hydrogens (tertiary/aromatic N) is 1. The highest BCUT2D eigenvalue weighted by Crippen LogP contribution is 2.59. The van der Waals surface area contributed by atoms with E-state index in [0.717, 1.165) is 83.2 Å². The number of fused-ring (bicyclic) bond motifs is 4. The Morgan fingerprint density at radius 2 is 0.773 bits per heavy atom. The lowest BCUT2D eigenvalue weighted by Gasteiger charge is -2.34. The van der Waals surface area contributed by atoms with Crippen molar-refractivity contribution in [2.75, 3.05) is 4.90 Å². The van der Waals surface area contributed by atoms with Crippen LogP contribution in [0.25, 0.3) is 66.4 Å². The SMILES string of the molecule is [2H]c1c([2H])c(N(c2ccc(-c3ccc(-c4ccccc4)cc3)cc2)c2cccc3c2-c2ccccc2C3(c2ccccc2)c2ccccc2)c([2H])c([2H])c1-c1cccc(-c2ccc3ccccc3c2)c1. The Hall–Kier alpha value is -8.52. The first kappa shape index (κ1) is 34.9. The summed E-state index contributed by atoms with van der Waals surface area (Å²) in [6, 6.07) is 85.3. The average molecular weight is 844 g/mol. The van der Waals surface area contributed by atoms with Gasteiger partial charge in [-0.1, -0.05) is 230 Å². The number of rotatable bonds is 9. The van der Waals surface area contributed by atoms with Crippen LogP contribution in [-0.2, 0) is 5.41 Å². The zero-order chi connectivity index (χ0) is 47.3. The molecule has 0 bridgehead atoms. The highest BCUT2D eigenvalue weighted by Gasteiger charge is 2.47. The van der Waals surface area contributed by atoms with Gasteiger partial charge in [-0.25, -0.2) is 0 Å². The summed E-state index contributed by atoms with van der Waals surface area (Å²) in [4.78, 5) is 1.96. The van der Waals surface area contributed by atoms with Crippen molar-refractivity contribution in [3.05, 3.63) is 295 Å². The van der Waals surface area contributed by atoms with Gasteiger partial charge in [-0.2, -0.15) is 0 Å². The first-order valence-electron chi connectivity index (χ1n) is 24.5. The van der Waals surface area contributed by atoms with E-state index in [1.54, 1.807) is 0 Å². The molecule has 11 aromatic carbocycles. The molecule has 0 fully saturated rings. The molecular weight excluding hydrogens is 795 g/mol. The minimum Gasteiger partial charge on any atom is -0.310 e. The van der Waals surface area contributed by atoms with Crippen molar-refractivity contribution < 1.29 is 5.48 Å². The minimum atomic E-state index is -0.694. The summed E-state index contributed by atoms with van der Waals surface area (Å²) in [6.45, 7) is 0. The van der Waals surface area contributed by atoms with E-state index < -0.39 is 5.41 Å². The molecule has 11 aromatic rings. The van der Waals surface area contributed by atoms with E-state index in [1.807, 2.05) is 71.6 Å². The normalized spacial score (nSPS) is 13.2. The Morgan fingerprint density at radius 1 is 0.303 bits per heavy atom. The molecule has 0 aromatic heterocycles. The highest BCUT2D eigenvalue weighted by molar-refractivity contribution is 5.98. The molecule has 1 heteroatoms. The first-order valence-corrected chi connectivity index (χ1v) is 22.5. The van der Waals surface area contributed by atoms with Crippen LogP contribution in [0.5, 0.6) is 0 Å². The molecule has 0 spiro atoms. The molecule has 0 N–H and O–H groups in total. The third-order valence-corrected chi connectivity index (χ3v) is 13.2. The molecule has 0 heterocycles. The fourth-order valence-electron chi connectivity index (χ4n) is 10.1. The number of hydrogen-bond acceptors (Lipinski definition) is 1. The smallest absolute Gasteiger partial charge is 0.0714 e. The zero-order valence-electron chi connectivity index (χ0n) is 40.1. The predicted molar refractivity (Wildman–Crippen MR) is 278 cm³/mol. The molecule has 0 unspecified atom stereocenters. The lowest BCUT2D eigenvalue weighted by atomic mass is 9.68. The Bertz CT molecular complexity index is 3670. The second-order valence-corrected chi connectivity index (χ2v) is 16.9. The van der Waals surface area contributed by atoms with Crippen molar-refractivity contribution in [1.29, 1.82) is 0 Å². The topological polar surface area (TPSA) is 3.24 Å². The molecule has 12 rings (SSSR count). The van der Waals surface area contributed by atoms with Gasteiger partial charge in [0.15, 0.2) is 0 Å². The van der Waals surface area contributed by atoms with Gasteiger partial charge >= 0.3 is 0 Å². The van der Waals surface area contributed by atoms with Crippen LogP contribution in [0.2, 0.25) is 0 Å². The van der Waals surface area contributed by atoms with Crippen LogP contribution in [0, 0.1) is 0 Å². The molecule has 1 aliphatic carbocycles. The van der Waals surface area contributed by atoms with Gasteiger partial charge in [-0.3, -0.25) is 0 Å². The maximum Gasteiger partial charge on any atom is 0.0714 e. The zero-order valence-corrected chi connectivity index (χ0v) is 36.1. The Morgan fingerprint density at radius 3 is 1.44 bits per heavy atom. The highest BCUT2D eigenvalue weighted by atomic mass is 15.1. The van der Waals surface area contributed by atoms with Gasteiger partial charge in [0.1, 0.15) is 0 Å². The largest absolute Gasteiger partial charge is 0.310 e. The second-order valence-electron chi connectivity index (χ2n) is 16.9. The molecule has 310 valence electrons. The second kappa shape index (κ2) is 16.6. The van der Waals surface area contributed by atoms with Gasteiger partial charge in [0.05, 0.1) is 16.6 Å². The van der Waals surface area contributed by atoms with Gasteiger partial charge in [0.2, 0.25) is 0 Å². The van der Waals surface area contributed by atoms with Gasteiger partial charge in [0, 0.05) is 16.9 Å². The fraction of sp³-hybridized carbons (Fsp3) is 0.0154. The monoisotopic (exact) mass is 843 g/mol. The third kappa shape index (κ3) is 6.73. The Balaban J connectivity index is 1.06. The van der Waals surface area contributed by atoms with Crippen LogP contribution in [0.15, 0.2) is 273 Å². The number of anilines is 3. The van der Waals surface area contributed by atoms with Crippen LogP contribution >= 0.6 is 0 Å². The van der Waals surface area contributed by atoms with Crippen LogP contribution in [0.1, 0.15) is 27.7 Å². The number of benzene rings is 11. The first-order chi connectivity index (χ1) is 34.4. The van der Waals surface area contributed by atoms with Crippen LogP contribution in [0.4, 0.5) is 17.1 Å². The molecule has 0 atom stereocenters. The molecule has 0 radical (unpaired) electrons. The molecule has 1 aliphatic rings. The molecule has 66 heavy (non-hydrogen) atoms. The van der Waals surface area contributed by atoms with Crippen molar-refractivity contribution in [3.63, 3.8) is 0 Å². The third-order valence-electron chi connectivity index (χ3n) is 13.2. The van der Waals surface area contributed by atoms with E-state index in [1.165, 1.54) is 0 Å². The quantitative estimate of drug-likeness (QED) is 0.140. The summed E-state index contributed by atoms with van der Waals surface area (Å²) in [5.41, 5.74) is 14.6. The standard InChI is InChI=1S/C65H45N/c1-4-16-46(17-5-1)48-30-32-49(33-31-48)50-36-40-58(41-37-50)66(59-42-38-51(39-43-59)53-20-14-21-54(44-53)55-35-34-47-18-10-11-19-52(47)45-55)63-29-15-28-62-64(63)60-26-12-13-27-61(60)65(62,56-22-6-2-7-23-56)57-24-8-3-9-25-57/h1-45H/i38D,39D,42D,43D. The van der Waals surface area contributed by atoms with Crippen molar-refractivity contribution in [2.24, 2.45) is 0 Å². The maximum atomic E-state index is 9.98. The summed E-state index contributed by atoms with van der Waals surface area (Å²) < 4.78 is 39.5. The van der Waals surface area contributed by atoms with Gasteiger partial charge in [-0.15, -0.1) is 0 Å². The summed E-state index contributed by atoms with van der Waals surface area (Å²) in [6.07, 6.45) is 0. The van der Waals surface area contributed by atoms with E-state index >= 15 is 0 Å². The van der Waals surface area contributed by atoms with Crippen LogP contribution in [0.3, 0.4) is 0 Å². The lowest BCUT2D eigenvalue weighted by Crippen LogP contribution is -2.28. The van der Waals surface area contributed by atoms with Crippen molar-refractivity contribution >= 4 is 27.8 Å². The van der Waals surface area contributed by atoms with E-state index in [4.69, 9.17) is 0 Å². The summed E-state index contributed by atoms with van der Waals surface area (Å²) in [7, 11) is 0. The summed E-state index contributed by atoms with van der Waals surface area (Å²) >= 11 is 0. The lowest BCUT2D eigenvalue weighted by molar-refractivity contribution is 0.768. The van der Waals surface area contributed by atoms with Crippen molar-refractivity contribution in [3.8, 4) is 55.6 Å². The van der Waals surface area contributed by atoms with Gasteiger partial charge in [-0.05, 0) is 126 Å². The minimum absolute atomic E-state index is 0.109. The fourth-order valence-corrected chi connectivity index (χ4v) is 10.1. The van der Waals surface area contributed by atoms with E-state index in [2.05, 4.69) is 182 Å². The maximum absolute atomic E-state index is 9.98. The number of hydrogen-bond donors (Lipinski definition) is 0. The van der Waals surface area contributed by atoms with E-state index in [0.29, 0.717) is 11.3 Å². The van der Waals surface area contributed by atoms with Crippen LogP contribution in [-0.4, -0.2) is 0 Å². The van der Waals surface area contributed by atoms with Crippen molar-refractivity contribution in [2.45, 2.75) is 5.41 Å². The molecule has 0 saturated heterocycles. The van der Waals surface area contributed by atoms with Crippen molar-refractivity contribution in [1.82, 2.24) is 0 Å². The Labute approximate surface area is 392 Å². The van der Waals surface area contributed by atoms with Gasteiger partial charge < -0.3 is 4.90 Å². The Kier molecular flexibility index (Phi) is 8.75.